The van der Waals surface area contributed by atoms with E-state index in [2.05, 4.69) is 65.1 Å². The summed E-state index contributed by atoms with van der Waals surface area (Å²) in [6.45, 7) is 8.60. The molecule has 0 aliphatic carbocycles. The van der Waals surface area contributed by atoms with Crippen LogP contribution in [-0.2, 0) is 13.0 Å². The third kappa shape index (κ3) is 7.26. The van der Waals surface area contributed by atoms with Gasteiger partial charge in [0.25, 0.3) is 0 Å². The average Bonchev–Trinajstić information content (AvgIpc) is 3.45. The number of rotatable bonds is 9. The lowest BCUT2D eigenvalue weighted by Gasteiger charge is -2.29. The summed E-state index contributed by atoms with van der Waals surface area (Å²) in [6, 6.07) is 20.3. The van der Waals surface area contributed by atoms with E-state index in [9.17, 15) is 14.7 Å². The number of nitrogens with one attached hydrogen (secondary N) is 1. The average molecular weight is 639 g/mol. The molecule has 5 aromatic rings. The van der Waals surface area contributed by atoms with Gasteiger partial charge in [0.15, 0.2) is 35.5 Å². The number of thiazole rings is 1. The number of ether oxygens (including phenoxy) is 2. The molecule has 0 radical (unpaired) electrons. The maximum absolute atomic E-state index is 13.3. The number of hydrogen-bond donors (Lipinski definition) is 2. The molecule has 0 saturated heterocycles. The first kappa shape index (κ1) is 31.0. The number of benzene rings is 2. The van der Waals surface area contributed by atoms with Crippen molar-refractivity contribution in [2.75, 3.05) is 30.0 Å². The highest BCUT2D eigenvalue weighted by atomic mass is 32.1. The quantitative estimate of drug-likeness (QED) is 0.134. The van der Waals surface area contributed by atoms with Gasteiger partial charge in [0.05, 0.1) is 34.7 Å². The number of carbonyl (C=O) groups excluding carboxylic acids is 1. The highest BCUT2D eigenvalue weighted by Gasteiger charge is 2.26. The van der Waals surface area contributed by atoms with E-state index in [4.69, 9.17) is 9.47 Å². The zero-order chi connectivity index (χ0) is 32.3. The van der Waals surface area contributed by atoms with Gasteiger partial charge in [0.1, 0.15) is 12.4 Å². The first-order valence-corrected chi connectivity index (χ1v) is 16.0. The second-order valence-corrected chi connectivity index (χ2v) is 13.4. The van der Waals surface area contributed by atoms with Crippen molar-refractivity contribution >= 4 is 44.4 Å². The number of carbonyl (C=O) groups is 2. The van der Waals surface area contributed by atoms with E-state index in [-0.39, 0.29) is 22.9 Å². The van der Waals surface area contributed by atoms with E-state index in [1.807, 2.05) is 24.3 Å². The number of nitrogens with zero attached hydrogens (tertiary/aromatic N) is 4. The number of aromatic nitrogens is 3. The fraction of sp³-hybridized carbons (Fsp3) is 0.286. The summed E-state index contributed by atoms with van der Waals surface area (Å²) in [5.74, 6) is -0.415. The molecule has 2 aromatic carbocycles. The van der Waals surface area contributed by atoms with E-state index in [0.717, 1.165) is 29.6 Å². The number of aryl methyl sites for hydroxylation is 1. The predicted molar refractivity (Wildman–Crippen MR) is 178 cm³/mol. The summed E-state index contributed by atoms with van der Waals surface area (Å²) < 4.78 is 14.9. The van der Waals surface area contributed by atoms with Crippen LogP contribution < -0.4 is 24.3 Å². The molecule has 4 heterocycles. The number of fused-ring (bicyclic) bond motifs is 2. The molecule has 10 nitrogen and oxygen atoms in total. The van der Waals surface area contributed by atoms with Crippen molar-refractivity contribution in [2.45, 2.75) is 40.2 Å². The van der Waals surface area contributed by atoms with Gasteiger partial charge in [-0.1, -0.05) is 44.2 Å². The van der Waals surface area contributed by atoms with Crippen LogP contribution in [0, 0.1) is 5.41 Å². The van der Waals surface area contributed by atoms with E-state index >= 15 is 0 Å². The molecule has 3 aromatic heterocycles. The Morgan fingerprint density at radius 1 is 1.07 bits per heavy atom. The standard InChI is InChI=1S/C35H35N5O5S/c1-35(2,3)22-39-16-14-23(15-17-39)7-6-19-44-29-13-11-25(36-31(29)32(41)42)24-10-12-28-27(21-24)40(18-20-45-28)34(43)38-33-37-26-8-4-5-9-30(26)46-33/h4-5,8-17,21H,6-7,18-20,22H2,1-3H3,(H-,37,38,41,42,43)/p+1. The van der Waals surface area contributed by atoms with Crippen LogP contribution in [0.3, 0.4) is 0 Å². The van der Waals surface area contributed by atoms with Gasteiger partial charge in [-0.05, 0) is 60.9 Å². The molecule has 1 aliphatic rings. The topological polar surface area (TPSA) is 118 Å². The number of pyridine rings is 2. The van der Waals surface area contributed by atoms with Gasteiger partial charge in [0, 0.05) is 23.1 Å². The largest absolute Gasteiger partial charge is 0.491 e. The second-order valence-electron chi connectivity index (χ2n) is 12.3. The van der Waals surface area contributed by atoms with E-state index in [1.165, 1.54) is 16.9 Å². The molecule has 2 N–H and O–H groups in total. The fourth-order valence-corrected chi connectivity index (χ4v) is 6.17. The summed E-state index contributed by atoms with van der Waals surface area (Å²) >= 11 is 1.40. The van der Waals surface area contributed by atoms with Crippen LogP contribution in [0.4, 0.5) is 15.6 Å². The number of urea groups is 1. The Balaban J connectivity index is 1.13. The van der Waals surface area contributed by atoms with Crippen LogP contribution >= 0.6 is 11.3 Å². The second kappa shape index (κ2) is 13.1. The monoisotopic (exact) mass is 638 g/mol. The molecule has 0 atom stereocenters. The minimum absolute atomic E-state index is 0.167. The van der Waals surface area contributed by atoms with Crippen LogP contribution in [0.5, 0.6) is 11.5 Å². The van der Waals surface area contributed by atoms with Crippen molar-refractivity contribution in [1.82, 2.24) is 9.97 Å². The molecule has 0 saturated carbocycles. The minimum atomic E-state index is -1.18. The van der Waals surface area contributed by atoms with Crippen molar-refractivity contribution in [3.63, 3.8) is 0 Å². The molecule has 6 rings (SSSR count). The number of carboxylic acids is 1. The van der Waals surface area contributed by atoms with E-state index < -0.39 is 5.97 Å². The maximum atomic E-state index is 13.3. The molecule has 0 spiro atoms. The molecule has 0 unspecified atom stereocenters. The van der Waals surface area contributed by atoms with Crippen molar-refractivity contribution in [1.29, 1.82) is 0 Å². The van der Waals surface area contributed by atoms with Crippen LogP contribution in [0.15, 0.2) is 79.1 Å². The number of amides is 2. The third-order valence-corrected chi connectivity index (χ3v) is 8.37. The van der Waals surface area contributed by atoms with Crippen molar-refractivity contribution in [3.05, 3.63) is 90.4 Å². The number of para-hydroxylation sites is 1. The molecule has 0 bridgehead atoms. The molecule has 1 aliphatic heterocycles. The Kier molecular flexibility index (Phi) is 8.85. The molecule has 236 valence electrons. The van der Waals surface area contributed by atoms with Crippen molar-refractivity contribution < 1.29 is 28.7 Å². The zero-order valence-corrected chi connectivity index (χ0v) is 26.8. The van der Waals surface area contributed by atoms with Crippen molar-refractivity contribution in [3.8, 4) is 22.8 Å². The summed E-state index contributed by atoms with van der Waals surface area (Å²) in [5, 5.41) is 13.4. The predicted octanol–water partition coefficient (Wildman–Crippen LogP) is 6.83. The van der Waals surface area contributed by atoms with Gasteiger partial charge in [-0.3, -0.25) is 10.2 Å². The molecular formula is C35H36N5O5S+. The van der Waals surface area contributed by atoms with Crippen LogP contribution in [0.2, 0.25) is 0 Å². The van der Waals surface area contributed by atoms with Gasteiger partial charge in [-0.25, -0.2) is 24.1 Å². The molecule has 0 fully saturated rings. The van der Waals surface area contributed by atoms with Crippen LogP contribution in [0.1, 0.15) is 43.2 Å². The Labute approximate surface area is 271 Å². The number of carboxylic acid groups (broad SMARTS) is 1. The smallest absolute Gasteiger partial charge is 0.358 e. The molecule has 46 heavy (non-hydrogen) atoms. The first-order valence-electron chi connectivity index (χ1n) is 15.2. The summed E-state index contributed by atoms with van der Waals surface area (Å²) in [6.07, 6.45) is 5.72. The molecule has 11 heteroatoms. The Morgan fingerprint density at radius 3 is 2.63 bits per heavy atom. The Bertz CT molecular complexity index is 1850. The van der Waals surface area contributed by atoms with Crippen LogP contribution in [0.25, 0.3) is 21.5 Å². The summed E-state index contributed by atoms with van der Waals surface area (Å²) in [5.41, 5.74) is 3.70. The van der Waals surface area contributed by atoms with Gasteiger partial charge >= 0.3 is 12.0 Å². The van der Waals surface area contributed by atoms with E-state index in [0.29, 0.717) is 47.6 Å². The lowest BCUT2D eigenvalue weighted by molar-refractivity contribution is -0.708. The molecular weight excluding hydrogens is 602 g/mol. The normalized spacial score (nSPS) is 12.8. The van der Waals surface area contributed by atoms with E-state index in [1.54, 1.807) is 35.2 Å². The first-order chi connectivity index (χ1) is 22.1. The van der Waals surface area contributed by atoms with Gasteiger partial charge < -0.3 is 14.6 Å². The lowest BCUT2D eigenvalue weighted by Crippen LogP contribution is -2.40. The zero-order valence-electron chi connectivity index (χ0n) is 26.0. The van der Waals surface area contributed by atoms with Crippen molar-refractivity contribution in [2.24, 2.45) is 5.41 Å². The number of aromatic carboxylic acids is 1. The summed E-state index contributed by atoms with van der Waals surface area (Å²) in [7, 11) is 0. The maximum Gasteiger partial charge on any atom is 0.358 e. The lowest BCUT2D eigenvalue weighted by atomic mass is 9.97. The van der Waals surface area contributed by atoms with Gasteiger partial charge in [0.2, 0.25) is 0 Å². The van der Waals surface area contributed by atoms with Gasteiger partial charge in [-0.15, -0.1) is 0 Å². The number of hydrogen-bond acceptors (Lipinski definition) is 7. The van der Waals surface area contributed by atoms with Gasteiger partial charge in [-0.2, -0.15) is 0 Å². The SMILES string of the molecule is CC(C)(C)C[n+]1ccc(CCCOc2ccc(-c3ccc4c(c3)N(C(=O)Nc3nc5ccccc5s3)CCO4)nc2C(=O)O)cc1. The highest BCUT2D eigenvalue weighted by Crippen LogP contribution is 2.37. The molecule has 2 amide bonds. The third-order valence-electron chi connectivity index (χ3n) is 7.42. The summed E-state index contributed by atoms with van der Waals surface area (Å²) in [4.78, 5) is 36.1. The minimum Gasteiger partial charge on any atom is -0.491 e. The van der Waals surface area contributed by atoms with Crippen LogP contribution in [-0.4, -0.2) is 46.8 Å². The Morgan fingerprint density at radius 2 is 1.87 bits per heavy atom. The Hall–Kier alpha value is -5.03. The fourth-order valence-electron chi connectivity index (χ4n) is 5.32. The number of anilines is 2. The highest BCUT2D eigenvalue weighted by molar-refractivity contribution is 7.22.